The highest BCUT2D eigenvalue weighted by Gasteiger charge is 2.25. The maximum Gasteiger partial charge on any atom is 0.244 e. The van der Waals surface area contributed by atoms with Crippen molar-refractivity contribution in [1.82, 2.24) is 20.4 Å². The molecule has 2 aromatic heterocycles. The highest BCUT2D eigenvalue weighted by atomic mass is 16.5. The number of pyridine rings is 1. The molecule has 0 bridgehead atoms. The lowest BCUT2D eigenvalue weighted by Crippen LogP contribution is -2.30. The van der Waals surface area contributed by atoms with Crippen LogP contribution in [0.25, 0.3) is 11.4 Å². The van der Waals surface area contributed by atoms with Crippen LogP contribution < -0.4 is 5.32 Å². The van der Waals surface area contributed by atoms with E-state index in [0.29, 0.717) is 17.6 Å². The van der Waals surface area contributed by atoms with Crippen molar-refractivity contribution in [3.63, 3.8) is 0 Å². The summed E-state index contributed by atoms with van der Waals surface area (Å²) in [5.74, 6) is 2.06. The monoisotopic (exact) mass is 272 g/mol. The molecule has 5 nitrogen and oxygen atoms in total. The Kier molecular flexibility index (Phi) is 3.78. The molecule has 0 aliphatic carbocycles. The van der Waals surface area contributed by atoms with Gasteiger partial charge < -0.3 is 9.84 Å². The average Bonchev–Trinajstić information content (AvgIpc) is 2.97. The number of nitrogens with zero attached hydrogens (tertiary/aromatic N) is 3. The second kappa shape index (κ2) is 5.71. The van der Waals surface area contributed by atoms with Crippen LogP contribution in [-0.2, 0) is 6.42 Å². The molecule has 20 heavy (non-hydrogen) atoms. The van der Waals surface area contributed by atoms with Crippen molar-refractivity contribution in [3.8, 4) is 11.4 Å². The zero-order valence-corrected chi connectivity index (χ0v) is 12.0. The van der Waals surface area contributed by atoms with Gasteiger partial charge in [0.05, 0.1) is 6.04 Å². The van der Waals surface area contributed by atoms with Crippen molar-refractivity contribution < 1.29 is 4.52 Å². The van der Waals surface area contributed by atoms with Gasteiger partial charge in [0.15, 0.2) is 0 Å². The van der Waals surface area contributed by atoms with Gasteiger partial charge in [-0.1, -0.05) is 19.0 Å². The van der Waals surface area contributed by atoms with Crippen LogP contribution in [0.1, 0.15) is 44.2 Å². The summed E-state index contributed by atoms with van der Waals surface area (Å²) in [6.07, 6.45) is 6.81. The second-order valence-electron chi connectivity index (χ2n) is 5.48. The van der Waals surface area contributed by atoms with Crippen LogP contribution in [0.3, 0.4) is 0 Å². The van der Waals surface area contributed by atoms with Gasteiger partial charge >= 0.3 is 0 Å². The lowest BCUT2D eigenvalue weighted by molar-refractivity contribution is 0.260. The molecule has 1 aliphatic heterocycles. The molecule has 2 unspecified atom stereocenters. The van der Waals surface area contributed by atoms with Gasteiger partial charge in [0.2, 0.25) is 11.7 Å². The van der Waals surface area contributed by atoms with Crippen LogP contribution in [0.5, 0.6) is 0 Å². The number of aromatic nitrogens is 3. The van der Waals surface area contributed by atoms with Crippen LogP contribution in [-0.4, -0.2) is 21.7 Å². The van der Waals surface area contributed by atoms with E-state index in [1.807, 2.05) is 12.3 Å². The minimum atomic E-state index is 0.187. The largest absolute Gasteiger partial charge is 0.337 e. The molecule has 5 heteroatoms. The number of hydrogen-bond acceptors (Lipinski definition) is 5. The van der Waals surface area contributed by atoms with Crippen molar-refractivity contribution in [2.75, 3.05) is 6.54 Å². The minimum Gasteiger partial charge on any atom is -0.337 e. The third-order valence-electron chi connectivity index (χ3n) is 3.93. The van der Waals surface area contributed by atoms with Gasteiger partial charge in [-0.3, -0.25) is 4.98 Å². The number of nitrogens with one attached hydrogen (secondary N) is 1. The topological polar surface area (TPSA) is 63.8 Å². The van der Waals surface area contributed by atoms with E-state index in [9.17, 15) is 0 Å². The van der Waals surface area contributed by atoms with Crippen molar-refractivity contribution in [1.29, 1.82) is 0 Å². The zero-order chi connectivity index (χ0) is 13.9. The van der Waals surface area contributed by atoms with E-state index in [1.165, 1.54) is 6.42 Å². The number of piperidine rings is 1. The van der Waals surface area contributed by atoms with Gasteiger partial charge in [0.25, 0.3) is 0 Å². The molecular formula is C15H20N4O. The molecule has 3 heterocycles. The molecule has 0 saturated carbocycles. The predicted octanol–water partition coefficient (Wildman–Crippen LogP) is 2.75. The molecule has 1 N–H and O–H groups in total. The van der Waals surface area contributed by atoms with Crippen LogP contribution in [0.2, 0.25) is 0 Å². The SMILES string of the molecule is CCc1cnccc1-c1noc(C2CC(C)CCN2)n1. The molecule has 1 aliphatic rings. The predicted molar refractivity (Wildman–Crippen MR) is 76.0 cm³/mol. The Morgan fingerprint density at radius 3 is 3.15 bits per heavy atom. The van der Waals surface area contributed by atoms with Gasteiger partial charge in [0, 0.05) is 18.0 Å². The first-order valence-corrected chi connectivity index (χ1v) is 7.28. The van der Waals surface area contributed by atoms with Crippen LogP contribution >= 0.6 is 0 Å². The molecule has 0 amide bonds. The van der Waals surface area contributed by atoms with Crippen molar-refractivity contribution in [2.24, 2.45) is 5.92 Å². The number of rotatable bonds is 3. The molecule has 106 valence electrons. The summed E-state index contributed by atoms with van der Waals surface area (Å²) < 4.78 is 5.46. The first-order valence-electron chi connectivity index (χ1n) is 7.28. The summed E-state index contributed by atoms with van der Waals surface area (Å²) in [6, 6.07) is 2.14. The first kappa shape index (κ1) is 13.2. The van der Waals surface area contributed by atoms with Crippen molar-refractivity contribution in [3.05, 3.63) is 29.9 Å². The van der Waals surface area contributed by atoms with E-state index in [0.717, 1.165) is 30.5 Å². The van der Waals surface area contributed by atoms with Gasteiger partial charge in [-0.05, 0) is 43.4 Å². The van der Waals surface area contributed by atoms with E-state index in [4.69, 9.17) is 4.52 Å². The molecule has 0 radical (unpaired) electrons. The fourth-order valence-corrected chi connectivity index (χ4v) is 2.71. The van der Waals surface area contributed by atoms with E-state index in [-0.39, 0.29) is 6.04 Å². The molecular weight excluding hydrogens is 252 g/mol. The average molecular weight is 272 g/mol. The standard InChI is InChI=1S/C15H20N4O/c1-3-11-9-16-6-5-12(11)14-18-15(20-19-14)13-8-10(2)4-7-17-13/h5-6,9-10,13,17H,3-4,7-8H2,1-2H3. The van der Waals surface area contributed by atoms with Crippen LogP contribution in [0, 0.1) is 5.92 Å². The van der Waals surface area contributed by atoms with E-state index in [2.05, 4.69) is 34.3 Å². The van der Waals surface area contributed by atoms with Gasteiger partial charge in [0.1, 0.15) is 0 Å². The van der Waals surface area contributed by atoms with Gasteiger partial charge in [-0.2, -0.15) is 4.98 Å². The maximum atomic E-state index is 5.46. The second-order valence-corrected chi connectivity index (χ2v) is 5.48. The minimum absolute atomic E-state index is 0.187. The van der Waals surface area contributed by atoms with E-state index >= 15 is 0 Å². The van der Waals surface area contributed by atoms with E-state index < -0.39 is 0 Å². The van der Waals surface area contributed by atoms with Crippen LogP contribution in [0.4, 0.5) is 0 Å². The van der Waals surface area contributed by atoms with Crippen LogP contribution in [0.15, 0.2) is 23.0 Å². The normalized spacial score (nSPS) is 22.9. The quantitative estimate of drug-likeness (QED) is 0.930. The smallest absolute Gasteiger partial charge is 0.244 e. The third kappa shape index (κ3) is 2.58. The van der Waals surface area contributed by atoms with Crippen molar-refractivity contribution >= 4 is 0 Å². The Bertz CT molecular complexity index is 581. The zero-order valence-electron chi connectivity index (χ0n) is 12.0. The molecule has 0 aromatic carbocycles. The summed E-state index contributed by atoms with van der Waals surface area (Å²) >= 11 is 0. The molecule has 1 fully saturated rings. The summed E-state index contributed by atoms with van der Waals surface area (Å²) in [5, 5.41) is 7.59. The Labute approximate surface area is 118 Å². The molecule has 0 spiro atoms. The fraction of sp³-hybridized carbons (Fsp3) is 0.533. The van der Waals surface area contributed by atoms with E-state index in [1.54, 1.807) is 6.20 Å². The lowest BCUT2D eigenvalue weighted by Gasteiger charge is -2.25. The van der Waals surface area contributed by atoms with Crippen molar-refractivity contribution in [2.45, 2.75) is 39.2 Å². The Hall–Kier alpha value is -1.75. The summed E-state index contributed by atoms with van der Waals surface area (Å²) in [7, 11) is 0. The summed E-state index contributed by atoms with van der Waals surface area (Å²) in [4.78, 5) is 8.73. The highest BCUT2D eigenvalue weighted by Crippen LogP contribution is 2.28. The first-order chi connectivity index (χ1) is 9.78. The molecule has 1 saturated heterocycles. The molecule has 2 atom stereocenters. The Morgan fingerprint density at radius 1 is 1.45 bits per heavy atom. The Balaban J connectivity index is 1.86. The maximum absolute atomic E-state index is 5.46. The highest BCUT2D eigenvalue weighted by molar-refractivity contribution is 5.58. The Morgan fingerprint density at radius 2 is 2.35 bits per heavy atom. The van der Waals surface area contributed by atoms with Gasteiger partial charge in [-0.15, -0.1) is 0 Å². The summed E-state index contributed by atoms with van der Waals surface area (Å²) in [5.41, 5.74) is 2.16. The summed E-state index contributed by atoms with van der Waals surface area (Å²) in [6.45, 7) is 5.38. The lowest BCUT2D eigenvalue weighted by atomic mass is 9.94. The molecule has 2 aromatic rings. The number of aryl methyl sites for hydroxylation is 1. The van der Waals surface area contributed by atoms with Gasteiger partial charge in [-0.25, -0.2) is 0 Å². The number of hydrogen-bond donors (Lipinski definition) is 1. The molecule has 3 rings (SSSR count). The third-order valence-corrected chi connectivity index (χ3v) is 3.93. The fourth-order valence-electron chi connectivity index (χ4n) is 2.71.